The fourth-order valence-electron chi connectivity index (χ4n) is 1.09. The third-order valence-corrected chi connectivity index (χ3v) is 1.64. The molecule has 0 amide bonds. The molecule has 0 saturated heterocycles. The van der Waals surface area contributed by atoms with Gasteiger partial charge in [0, 0.05) is 0 Å². The summed E-state index contributed by atoms with van der Waals surface area (Å²) in [6.07, 6.45) is -8.01. The van der Waals surface area contributed by atoms with Gasteiger partial charge in [0.05, 0.1) is 11.1 Å². The van der Waals surface area contributed by atoms with Gasteiger partial charge in [-0.25, -0.2) is 0 Å². The van der Waals surface area contributed by atoms with E-state index in [1.54, 1.807) is 0 Å². The van der Waals surface area contributed by atoms with Crippen molar-refractivity contribution in [2.24, 2.45) is 0 Å². The SMILES string of the molecule is FC(F)(F)C1=C[CH]CC=C1C(F)(F)F. The molecule has 0 N–H and O–H groups in total. The molecule has 14 heavy (non-hydrogen) atoms. The number of rotatable bonds is 0. The van der Waals surface area contributed by atoms with Crippen molar-refractivity contribution in [1.82, 2.24) is 0 Å². The van der Waals surface area contributed by atoms with Crippen LogP contribution in [0, 0.1) is 6.42 Å². The first-order valence-corrected chi connectivity index (χ1v) is 3.61. The Morgan fingerprint density at radius 2 is 1.36 bits per heavy atom. The zero-order valence-corrected chi connectivity index (χ0v) is 6.71. The normalized spacial score (nSPS) is 19.0. The van der Waals surface area contributed by atoms with Gasteiger partial charge in [0.2, 0.25) is 0 Å². The zero-order chi connectivity index (χ0) is 11.0. The smallest absolute Gasteiger partial charge is 0.166 e. The first-order valence-electron chi connectivity index (χ1n) is 3.61. The van der Waals surface area contributed by atoms with Gasteiger partial charge in [-0.1, -0.05) is 12.2 Å². The van der Waals surface area contributed by atoms with Crippen molar-refractivity contribution in [1.29, 1.82) is 0 Å². The Kier molecular flexibility index (Phi) is 2.65. The summed E-state index contributed by atoms with van der Waals surface area (Å²) < 4.78 is 72.6. The van der Waals surface area contributed by atoms with E-state index in [1.807, 2.05) is 0 Å². The second-order valence-electron chi connectivity index (χ2n) is 2.67. The molecule has 0 nitrogen and oxygen atoms in total. The van der Waals surface area contributed by atoms with Crippen molar-refractivity contribution in [3.8, 4) is 0 Å². The zero-order valence-electron chi connectivity index (χ0n) is 6.71. The lowest BCUT2D eigenvalue weighted by atomic mass is 9.97. The lowest BCUT2D eigenvalue weighted by molar-refractivity contribution is -0.118. The van der Waals surface area contributed by atoms with Gasteiger partial charge in [-0.2, -0.15) is 26.3 Å². The lowest BCUT2D eigenvalue weighted by Gasteiger charge is -2.20. The third kappa shape index (κ3) is 2.30. The molecule has 0 fully saturated rings. The minimum atomic E-state index is -4.96. The standard InChI is InChI=1S/C8H5F6/c9-7(10,11)5-3-1-2-4-6(5)8(12,13)14/h1,3-4H,2H2. The molecule has 1 aliphatic carbocycles. The molecule has 1 rings (SSSR count). The monoisotopic (exact) mass is 215 g/mol. The van der Waals surface area contributed by atoms with Crippen molar-refractivity contribution in [3.05, 3.63) is 29.7 Å². The minimum absolute atomic E-state index is 0.131. The van der Waals surface area contributed by atoms with E-state index < -0.39 is 23.5 Å². The van der Waals surface area contributed by atoms with Gasteiger partial charge in [-0.05, 0) is 12.8 Å². The second-order valence-corrected chi connectivity index (χ2v) is 2.67. The molecule has 0 aliphatic heterocycles. The summed E-state index contributed by atoms with van der Waals surface area (Å²) in [4.78, 5) is 0. The van der Waals surface area contributed by atoms with Gasteiger partial charge in [-0.3, -0.25) is 0 Å². The molecule has 0 atom stereocenters. The van der Waals surface area contributed by atoms with Crippen LogP contribution in [0.15, 0.2) is 23.3 Å². The van der Waals surface area contributed by atoms with Crippen LogP contribution in [0.3, 0.4) is 0 Å². The summed E-state index contributed by atoms with van der Waals surface area (Å²) in [5.74, 6) is 0. The van der Waals surface area contributed by atoms with Crippen molar-refractivity contribution in [3.63, 3.8) is 0 Å². The van der Waals surface area contributed by atoms with E-state index in [2.05, 4.69) is 0 Å². The van der Waals surface area contributed by atoms with Crippen LogP contribution in [0.2, 0.25) is 0 Å². The largest absolute Gasteiger partial charge is 0.416 e. The van der Waals surface area contributed by atoms with Gasteiger partial charge in [0.25, 0.3) is 0 Å². The highest BCUT2D eigenvalue weighted by atomic mass is 19.4. The fourth-order valence-corrected chi connectivity index (χ4v) is 1.09. The molecule has 1 radical (unpaired) electrons. The molecule has 0 saturated carbocycles. The molecular weight excluding hydrogens is 210 g/mol. The quantitative estimate of drug-likeness (QED) is 0.542. The van der Waals surface area contributed by atoms with Crippen LogP contribution in [0.4, 0.5) is 26.3 Å². The number of alkyl halides is 6. The third-order valence-electron chi connectivity index (χ3n) is 1.64. The van der Waals surface area contributed by atoms with E-state index in [0.29, 0.717) is 12.2 Å². The number of halogens is 6. The van der Waals surface area contributed by atoms with Crippen molar-refractivity contribution < 1.29 is 26.3 Å². The Bertz CT molecular complexity index is 247. The highest BCUT2D eigenvalue weighted by Gasteiger charge is 2.46. The van der Waals surface area contributed by atoms with E-state index in [4.69, 9.17) is 0 Å². The molecule has 1 aliphatic rings. The predicted molar refractivity (Wildman–Crippen MR) is 37.2 cm³/mol. The highest BCUT2D eigenvalue weighted by Crippen LogP contribution is 2.41. The lowest BCUT2D eigenvalue weighted by Crippen LogP contribution is -2.24. The van der Waals surface area contributed by atoms with Gasteiger partial charge < -0.3 is 0 Å². The Hall–Kier alpha value is -0.940. The van der Waals surface area contributed by atoms with Crippen LogP contribution >= 0.6 is 0 Å². The summed E-state index contributed by atoms with van der Waals surface area (Å²) in [6.45, 7) is 0. The average Bonchev–Trinajstić information content (AvgIpc) is 2.01. The summed E-state index contributed by atoms with van der Waals surface area (Å²) in [7, 11) is 0. The van der Waals surface area contributed by atoms with E-state index in [9.17, 15) is 26.3 Å². The molecule has 6 heteroatoms. The molecule has 0 bridgehead atoms. The summed E-state index contributed by atoms with van der Waals surface area (Å²) in [6, 6.07) is 0. The molecule has 0 heterocycles. The van der Waals surface area contributed by atoms with E-state index in [1.165, 1.54) is 0 Å². The fraction of sp³-hybridized carbons (Fsp3) is 0.375. The van der Waals surface area contributed by atoms with Crippen molar-refractivity contribution >= 4 is 0 Å². The summed E-state index contributed by atoms with van der Waals surface area (Å²) >= 11 is 0. The first kappa shape index (κ1) is 11.1. The van der Waals surface area contributed by atoms with Gasteiger partial charge in [-0.15, -0.1) is 0 Å². The maximum Gasteiger partial charge on any atom is 0.416 e. The number of hydrogen-bond donors (Lipinski definition) is 0. The van der Waals surface area contributed by atoms with Crippen molar-refractivity contribution in [2.75, 3.05) is 0 Å². The van der Waals surface area contributed by atoms with Crippen LogP contribution < -0.4 is 0 Å². The molecule has 0 aromatic heterocycles. The molecular formula is C8H5F6. The maximum atomic E-state index is 12.1. The number of allylic oxidation sites excluding steroid dienone is 4. The average molecular weight is 215 g/mol. The predicted octanol–water partition coefficient (Wildman–Crippen LogP) is 3.57. The maximum absolute atomic E-state index is 12.1. The highest BCUT2D eigenvalue weighted by molar-refractivity contribution is 5.42. The van der Waals surface area contributed by atoms with E-state index in [0.717, 1.165) is 6.42 Å². The number of hydrogen-bond acceptors (Lipinski definition) is 0. The van der Waals surface area contributed by atoms with Gasteiger partial charge in [0.1, 0.15) is 0 Å². The Morgan fingerprint density at radius 1 is 0.857 bits per heavy atom. The minimum Gasteiger partial charge on any atom is -0.166 e. The Balaban J connectivity index is 3.06. The summed E-state index contributed by atoms with van der Waals surface area (Å²) in [5.41, 5.74) is -3.23. The molecule has 79 valence electrons. The molecule has 0 unspecified atom stereocenters. The Labute approximate surface area is 75.9 Å². The van der Waals surface area contributed by atoms with Crippen LogP contribution in [0.1, 0.15) is 6.42 Å². The second kappa shape index (κ2) is 3.33. The molecule has 0 aromatic carbocycles. The van der Waals surface area contributed by atoms with Gasteiger partial charge in [0.15, 0.2) is 0 Å². The topological polar surface area (TPSA) is 0 Å². The van der Waals surface area contributed by atoms with Crippen LogP contribution in [0.25, 0.3) is 0 Å². The van der Waals surface area contributed by atoms with Crippen molar-refractivity contribution in [2.45, 2.75) is 18.8 Å². The molecule has 0 aromatic rings. The van der Waals surface area contributed by atoms with Crippen LogP contribution in [-0.2, 0) is 0 Å². The molecule has 0 spiro atoms. The van der Waals surface area contributed by atoms with Gasteiger partial charge >= 0.3 is 12.4 Å². The Morgan fingerprint density at radius 3 is 1.71 bits per heavy atom. The van der Waals surface area contributed by atoms with E-state index >= 15 is 0 Å². The first-order chi connectivity index (χ1) is 6.23. The van der Waals surface area contributed by atoms with E-state index in [-0.39, 0.29) is 6.42 Å². The van der Waals surface area contributed by atoms with Crippen LogP contribution in [0.5, 0.6) is 0 Å². The summed E-state index contributed by atoms with van der Waals surface area (Å²) in [5, 5.41) is 0. The van der Waals surface area contributed by atoms with Crippen LogP contribution in [-0.4, -0.2) is 12.4 Å².